The van der Waals surface area contributed by atoms with Crippen molar-refractivity contribution < 1.29 is 23.9 Å². The van der Waals surface area contributed by atoms with E-state index >= 15 is 0 Å². The van der Waals surface area contributed by atoms with Gasteiger partial charge in [0.1, 0.15) is 0 Å². The summed E-state index contributed by atoms with van der Waals surface area (Å²) in [5, 5.41) is 11.4. The largest absolute Gasteiger partial charge is 0.493 e. The second-order valence-corrected chi connectivity index (χ2v) is 10.7. The van der Waals surface area contributed by atoms with Crippen molar-refractivity contribution in [1.29, 1.82) is 0 Å². The fraction of sp³-hybridized carbons (Fsp3) is 0.296. The standard InChI is InChI=1S/C27H26BrN3O7S/c1-6-37-26(33)23-15(4)29-27-30(24(23)17-8-10-20(38-14(2)3)21(13-17)36-5)25(32)22(39-27)12-16-7-9-18(28)19(11-16)31(34)35/h7-14,24H,6H2,1-5H3. The number of hydrogen-bond donors (Lipinski definition) is 0. The lowest BCUT2D eigenvalue weighted by Crippen LogP contribution is -2.40. The van der Waals surface area contributed by atoms with Crippen LogP contribution in [0.1, 0.15) is 44.9 Å². The Morgan fingerprint density at radius 3 is 2.64 bits per heavy atom. The van der Waals surface area contributed by atoms with E-state index in [2.05, 4.69) is 20.9 Å². The lowest BCUT2D eigenvalue weighted by molar-refractivity contribution is -0.385. The molecule has 0 saturated carbocycles. The van der Waals surface area contributed by atoms with Crippen molar-refractivity contribution in [1.82, 2.24) is 4.57 Å². The van der Waals surface area contributed by atoms with Crippen molar-refractivity contribution in [2.75, 3.05) is 13.7 Å². The van der Waals surface area contributed by atoms with Crippen LogP contribution in [-0.2, 0) is 9.53 Å². The average Bonchev–Trinajstić information content (AvgIpc) is 3.18. The van der Waals surface area contributed by atoms with E-state index in [1.807, 2.05) is 13.8 Å². The fourth-order valence-corrected chi connectivity index (χ4v) is 5.66. The van der Waals surface area contributed by atoms with Crippen LogP contribution >= 0.6 is 27.3 Å². The van der Waals surface area contributed by atoms with E-state index < -0.39 is 22.5 Å². The number of carbonyl (C=O) groups is 1. The SMILES string of the molecule is CCOC(=O)C1=C(C)N=c2sc(=Cc3ccc(Br)c([N+](=O)[O-])c3)c(=O)n2C1c1ccc(OC(C)C)c(OC)c1. The number of esters is 1. The van der Waals surface area contributed by atoms with Crippen molar-refractivity contribution in [2.45, 2.75) is 39.8 Å². The number of carbonyl (C=O) groups excluding carboxylic acids is 1. The molecular formula is C27H26BrN3O7S. The molecule has 3 aromatic rings. The van der Waals surface area contributed by atoms with E-state index in [4.69, 9.17) is 14.2 Å². The zero-order chi connectivity index (χ0) is 28.4. The zero-order valence-electron chi connectivity index (χ0n) is 21.9. The van der Waals surface area contributed by atoms with Crippen molar-refractivity contribution in [3.63, 3.8) is 0 Å². The van der Waals surface area contributed by atoms with Gasteiger partial charge >= 0.3 is 5.97 Å². The highest BCUT2D eigenvalue weighted by molar-refractivity contribution is 9.10. The first-order valence-electron chi connectivity index (χ1n) is 12.0. The van der Waals surface area contributed by atoms with Crippen LogP contribution < -0.4 is 24.4 Å². The minimum Gasteiger partial charge on any atom is -0.493 e. The number of allylic oxidation sites excluding steroid dienone is 1. The second-order valence-electron chi connectivity index (χ2n) is 8.85. The van der Waals surface area contributed by atoms with Crippen molar-refractivity contribution in [3.8, 4) is 11.5 Å². The smallest absolute Gasteiger partial charge is 0.338 e. The molecular weight excluding hydrogens is 590 g/mol. The molecule has 4 rings (SSSR count). The number of thiazole rings is 1. The van der Waals surface area contributed by atoms with Crippen LogP contribution in [-0.4, -0.2) is 35.3 Å². The summed E-state index contributed by atoms with van der Waals surface area (Å²) in [7, 11) is 1.52. The summed E-state index contributed by atoms with van der Waals surface area (Å²) in [6.45, 7) is 7.35. The third-order valence-electron chi connectivity index (χ3n) is 5.85. The quantitative estimate of drug-likeness (QED) is 0.211. The molecule has 1 aromatic heterocycles. The Hall–Kier alpha value is -3.77. The lowest BCUT2D eigenvalue weighted by atomic mass is 9.95. The Balaban J connectivity index is 1.94. The van der Waals surface area contributed by atoms with E-state index in [-0.39, 0.29) is 24.0 Å². The number of hydrogen-bond acceptors (Lipinski definition) is 9. The Bertz CT molecular complexity index is 1670. The number of fused-ring (bicyclic) bond motifs is 1. The van der Waals surface area contributed by atoms with Crippen LogP contribution in [0.15, 0.2) is 61.9 Å². The second kappa shape index (κ2) is 11.5. The third kappa shape index (κ3) is 5.66. The summed E-state index contributed by atoms with van der Waals surface area (Å²) >= 11 is 4.31. The molecule has 0 aliphatic carbocycles. The first-order valence-corrected chi connectivity index (χ1v) is 13.6. The number of methoxy groups -OCH3 is 1. The maximum Gasteiger partial charge on any atom is 0.338 e. The highest BCUT2D eigenvalue weighted by atomic mass is 79.9. The van der Waals surface area contributed by atoms with Crippen LogP contribution in [0.4, 0.5) is 5.69 Å². The molecule has 204 valence electrons. The molecule has 0 spiro atoms. The van der Waals surface area contributed by atoms with Gasteiger partial charge in [-0.05, 0) is 79.0 Å². The molecule has 0 radical (unpaired) electrons. The first kappa shape index (κ1) is 28.2. The summed E-state index contributed by atoms with van der Waals surface area (Å²) in [5.41, 5.74) is 1.22. The summed E-state index contributed by atoms with van der Waals surface area (Å²) in [6, 6.07) is 9.01. The van der Waals surface area contributed by atoms with Gasteiger partial charge in [-0.1, -0.05) is 23.5 Å². The van der Waals surface area contributed by atoms with E-state index in [1.165, 1.54) is 17.7 Å². The molecule has 1 atom stereocenters. The summed E-state index contributed by atoms with van der Waals surface area (Å²) in [5.74, 6) is 0.394. The van der Waals surface area contributed by atoms with Gasteiger partial charge in [0.25, 0.3) is 11.2 Å². The van der Waals surface area contributed by atoms with Gasteiger partial charge in [0.15, 0.2) is 16.3 Å². The number of nitro groups is 1. The molecule has 2 aromatic carbocycles. The average molecular weight is 616 g/mol. The lowest BCUT2D eigenvalue weighted by Gasteiger charge is -2.25. The summed E-state index contributed by atoms with van der Waals surface area (Å²) in [6.07, 6.45) is 1.48. The minimum atomic E-state index is -0.844. The normalized spacial score (nSPS) is 15.2. The number of rotatable bonds is 8. The highest BCUT2D eigenvalue weighted by Crippen LogP contribution is 2.36. The number of halogens is 1. The Kier molecular flexibility index (Phi) is 8.36. The van der Waals surface area contributed by atoms with Gasteiger partial charge in [0.2, 0.25) is 0 Å². The van der Waals surface area contributed by atoms with Gasteiger partial charge in [-0.3, -0.25) is 19.5 Å². The Labute approximate surface area is 236 Å². The molecule has 0 bridgehead atoms. The van der Waals surface area contributed by atoms with Crippen LogP contribution in [0.25, 0.3) is 6.08 Å². The van der Waals surface area contributed by atoms with Crippen LogP contribution in [0, 0.1) is 10.1 Å². The molecule has 0 amide bonds. The number of benzene rings is 2. The Morgan fingerprint density at radius 1 is 1.26 bits per heavy atom. The Morgan fingerprint density at radius 2 is 2.00 bits per heavy atom. The summed E-state index contributed by atoms with van der Waals surface area (Å²) in [4.78, 5) is 42.8. The van der Waals surface area contributed by atoms with E-state index in [0.717, 1.165) is 11.3 Å². The molecule has 1 aliphatic rings. The zero-order valence-corrected chi connectivity index (χ0v) is 24.3. The predicted octanol–water partition coefficient (Wildman–Crippen LogP) is 4.26. The summed E-state index contributed by atoms with van der Waals surface area (Å²) < 4.78 is 18.8. The fourth-order valence-electron chi connectivity index (χ4n) is 4.22. The maximum atomic E-state index is 13.8. The van der Waals surface area contributed by atoms with Gasteiger partial charge in [-0.2, -0.15) is 0 Å². The van der Waals surface area contributed by atoms with Crippen molar-refractivity contribution >= 4 is 45.0 Å². The monoisotopic (exact) mass is 615 g/mol. The van der Waals surface area contributed by atoms with Gasteiger partial charge in [-0.25, -0.2) is 9.79 Å². The highest BCUT2D eigenvalue weighted by Gasteiger charge is 2.34. The van der Waals surface area contributed by atoms with Crippen LogP contribution in [0.3, 0.4) is 0 Å². The van der Waals surface area contributed by atoms with Crippen molar-refractivity contribution in [3.05, 3.63) is 93.1 Å². The van der Waals surface area contributed by atoms with E-state index in [0.29, 0.717) is 42.1 Å². The molecule has 39 heavy (non-hydrogen) atoms. The van der Waals surface area contributed by atoms with Crippen molar-refractivity contribution in [2.24, 2.45) is 4.99 Å². The topological polar surface area (TPSA) is 122 Å². The van der Waals surface area contributed by atoms with Gasteiger partial charge < -0.3 is 14.2 Å². The molecule has 1 unspecified atom stereocenters. The maximum absolute atomic E-state index is 13.8. The predicted molar refractivity (Wildman–Crippen MR) is 150 cm³/mol. The number of ether oxygens (including phenoxy) is 3. The molecule has 0 fully saturated rings. The van der Waals surface area contributed by atoms with Crippen LogP contribution in [0.2, 0.25) is 0 Å². The van der Waals surface area contributed by atoms with Gasteiger partial charge in [0, 0.05) is 6.07 Å². The van der Waals surface area contributed by atoms with E-state index in [1.54, 1.807) is 50.3 Å². The van der Waals surface area contributed by atoms with E-state index in [9.17, 15) is 19.7 Å². The van der Waals surface area contributed by atoms with Gasteiger partial charge in [-0.15, -0.1) is 0 Å². The number of nitro benzene ring substituents is 1. The third-order valence-corrected chi connectivity index (χ3v) is 7.50. The molecule has 2 heterocycles. The number of aromatic nitrogens is 1. The molecule has 0 N–H and O–H groups in total. The number of nitrogens with zero attached hydrogens (tertiary/aromatic N) is 3. The minimum absolute atomic E-state index is 0.0888. The van der Waals surface area contributed by atoms with Gasteiger partial charge in [0.05, 0.1) is 51.1 Å². The molecule has 0 saturated heterocycles. The molecule has 1 aliphatic heterocycles. The van der Waals surface area contributed by atoms with Crippen LogP contribution in [0.5, 0.6) is 11.5 Å². The molecule has 10 nitrogen and oxygen atoms in total. The molecule has 12 heteroatoms. The first-order chi connectivity index (χ1) is 18.5.